The molecule has 2 amide bonds. The highest BCUT2D eigenvalue weighted by molar-refractivity contribution is 5.92. The number of hydrogen-bond donors (Lipinski definition) is 2. The van der Waals surface area contributed by atoms with Crippen molar-refractivity contribution in [3.63, 3.8) is 0 Å². The van der Waals surface area contributed by atoms with Crippen LogP contribution in [0.5, 0.6) is 0 Å². The number of nitrogens with one attached hydrogen (secondary N) is 2. The van der Waals surface area contributed by atoms with Crippen molar-refractivity contribution in [1.82, 2.24) is 30.2 Å². The molecule has 9 nitrogen and oxygen atoms in total. The molecule has 1 atom stereocenters. The first kappa shape index (κ1) is 24.2. The summed E-state index contributed by atoms with van der Waals surface area (Å²) in [6, 6.07) is 4.18. The molecule has 12 heteroatoms. The zero-order valence-electron chi connectivity index (χ0n) is 19.1. The van der Waals surface area contributed by atoms with Gasteiger partial charge in [-0.05, 0) is 32.0 Å². The van der Waals surface area contributed by atoms with Crippen LogP contribution in [0, 0.1) is 0 Å². The third-order valence-electron chi connectivity index (χ3n) is 5.50. The smallest absolute Gasteiger partial charge is 0.345 e. The number of halogens is 3. The molecule has 0 aliphatic carbocycles. The molecule has 35 heavy (non-hydrogen) atoms. The Bertz CT molecular complexity index is 1270. The van der Waals surface area contributed by atoms with Crippen LogP contribution in [0.1, 0.15) is 13.8 Å². The molecule has 4 heterocycles. The first-order valence-corrected chi connectivity index (χ1v) is 10.9. The molecule has 1 fully saturated rings. The summed E-state index contributed by atoms with van der Waals surface area (Å²) in [4.78, 5) is 44.7. The van der Waals surface area contributed by atoms with E-state index < -0.39 is 24.7 Å². The Morgan fingerprint density at radius 3 is 2.74 bits per heavy atom. The van der Waals surface area contributed by atoms with Crippen molar-refractivity contribution in [2.24, 2.45) is 0 Å². The van der Waals surface area contributed by atoms with Crippen LogP contribution in [0.4, 0.5) is 19.0 Å². The molecule has 0 radical (unpaired) electrons. The summed E-state index contributed by atoms with van der Waals surface area (Å²) in [7, 11) is 0. The highest BCUT2D eigenvalue weighted by atomic mass is 19.4. The van der Waals surface area contributed by atoms with Gasteiger partial charge in [0.05, 0.1) is 6.54 Å². The maximum absolute atomic E-state index is 12.8. The normalized spacial score (nSPS) is 16.3. The molecule has 2 N–H and O–H groups in total. The van der Waals surface area contributed by atoms with Gasteiger partial charge in [-0.25, -0.2) is 15.0 Å². The van der Waals surface area contributed by atoms with Crippen LogP contribution >= 0.6 is 0 Å². The van der Waals surface area contributed by atoms with Crippen molar-refractivity contribution in [3.8, 4) is 11.4 Å². The average molecular weight is 487 g/mol. The maximum Gasteiger partial charge on any atom is 0.405 e. The lowest BCUT2D eigenvalue weighted by atomic mass is 10.1. The van der Waals surface area contributed by atoms with Gasteiger partial charge in [-0.2, -0.15) is 13.2 Å². The minimum Gasteiger partial charge on any atom is -0.345 e. The molecule has 1 saturated heterocycles. The van der Waals surface area contributed by atoms with E-state index in [4.69, 9.17) is 0 Å². The summed E-state index contributed by atoms with van der Waals surface area (Å²) in [6.45, 7) is 2.48. The second-order valence-corrected chi connectivity index (χ2v) is 8.39. The minimum atomic E-state index is -4.56. The number of aromatic amines is 1. The lowest BCUT2D eigenvalue weighted by Gasteiger charge is -2.41. The number of carbonyl (C=O) groups excluding carboxylic acids is 2. The molecule has 4 rings (SSSR count). The van der Waals surface area contributed by atoms with E-state index in [0.717, 1.165) is 11.0 Å². The lowest BCUT2D eigenvalue weighted by molar-refractivity contribution is -0.140. The number of fused-ring (bicyclic) bond motifs is 1. The summed E-state index contributed by atoms with van der Waals surface area (Å²) < 4.78 is 38.3. The number of carbonyl (C=O) groups is 2. The fourth-order valence-corrected chi connectivity index (χ4v) is 3.90. The van der Waals surface area contributed by atoms with Crippen molar-refractivity contribution in [1.29, 1.82) is 0 Å². The van der Waals surface area contributed by atoms with Crippen molar-refractivity contribution in [2.45, 2.75) is 26.1 Å². The fraction of sp³-hybridized carbons (Fsp3) is 0.348. The standard InChI is InChI=1S/C23H24F3N7O2/c1-14(2)10-19(34)32-8-9-33(17(12-32)22(35)30-13-23(24,25)26)18-5-7-28-21(31-18)16-11-29-20-15(16)4-3-6-27-20/h3-7,10-11,17H,8-9,12-13H2,1-2H3,(H,27,29)(H,30,35)/t17-/m1/s1. The van der Waals surface area contributed by atoms with Crippen LogP contribution in [-0.2, 0) is 9.59 Å². The molecule has 0 spiro atoms. The zero-order chi connectivity index (χ0) is 25.2. The van der Waals surface area contributed by atoms with E-state index >= 15 is 0 Å². The van der Waals surface area contributed by atoms with Crippen molar-refractivity contribution >= 4 is 28.7 Å². The van der Waals surface area contributed by atoms with Gasteiger partial charge in [0.25, 0.3) is 0 Å². The zero-order valence-corrected chi connectivity index (χ0v) is 19.1. The Labute approximate surface area is 199 Å². The van der Waals surface area contributed by atoms with Crippen molar-refractivity contribution < 1.29 is 22.8 Å². The van der Waals surface area contributed by atoms with Gasteiger partial charge in [0.2, 0.25) is 11.8 Å². The number of aromatic nitrogens is 4. The maximum atomic E-state index is 12.8. The Morgan fingerprint density at radius 1 is 1.20 bits per heavy atom. The van der Waals surface area contributed by atoms with Crippen LogP contribution < -0.4 is 10.2 Å². The van der Waals surface area contributed by atoms with E-state index in [9.17, 15) is 22.8 Å². The number of pyridine rings is 1. The average Bonchev–Trinajstić information content (AvgIpc) is 3.25. The van der Waals surface area contributed by atoms with Crippen molar-refractivity contribution in [2.75, 3.05) is 31.1 Å². The molecule has 1 aliphatic rings. The quantitative estimate of drug-likeness (QED) is 0.536. The van der Waals surface area contributed by atoms with Gasteiger partial charge in [0.15, 0.2) is 5.82 Å². The highest BCUT2D eigenvalue weighted by Gasteiger charge is 2.37. The number of nitrogens with zero attached hydrogens (tertiary/aromatic N) is 5. The van der Waals surface area contributed by atoms with E-state index in [1.54, 1.807) is 43.3 Å². The monoisotopic (exact) mass is 487 g/mol. The van der Waals surface area contributed by atoms with Gasteiger partial charge >= 0.3 is 6.18 Å². The van der Waals surface area contributed by atoms with E-state index in [-0.39, 0.29) is 25.5 Å². The number of amides is 2. The summed E-state index contributed by atoms with van der Waals surface area (Å²) in [5.74, 6) is -0.393. The predicted molar refractivity (Wildman–Crippen MR) is 123 cm³/mol. The second-order valence-electron chi connectivity index (χ2n) is 8.39. The molecule has 0 bridgehead atoms. The molecular formula is C23H24F3N7O2. The number of H-pyrrole nitrogens is 1. The number of hydrogen-bond acceptors (Lipinski definition) is 6. The van der Waals surface area contributed by atoms with Gasteiger partial charge in [-0.15, -0.1) is 0 Å². The van der Waals surface area contributed by atoms with E-state index in [0.29, 0.717) is 22.9 Å². The molecular weight excluding hydrogens is 463 g/mol. The van der Waals surface area contributed by atoms with Gasteiger partial charge in [-0.1, -0.05) is 5.57 Å². The predicted octanol–water partition coefficient (Wildman–Crippen LogP) is 2.68. The molecule has 184 valence electrons. The summed E-state index contributed by atoms with van der Waals surface area (Å²) >= 11 is 0. The van der Waals surface area contributed by atoms with Crippen LogP contribution in [0.3, 0.4) is 0 Å². The molecule has 1 aliphatic heterocycles. The van der Waals surface area contributed by atoms with E-state index in [1.807, 2.05) is 11.4 Å². The van der Waals surface area contributed by atoms with Gasteiger partial charge in [0, 0.05) is 48.7 Å². The Morgan fingerprint density at radius 2 is 2.00 bits per heavy atom. The number of anilines is 1. The topological polar surface area (TPSA) is 107 Å². The van der Waals surface area contributed by atoms with E-state index in [2.05, 4.69) is 19.9 Å². The van der Waals surface area contributed by atoms with Crippen LogP contribution in [-0.4, -0.2) is 75.0 Å². The second kappa shape index (κ2) is 9.72. The molecule has 0 saturated carbocycles. The number of allylic oxidation sites excluding steroid dienone is 1. The van der Waals surface area contributed by atoms with Gasteiger partial charge < -0.3 is 20.1 Å². The van der Waals surface area contributed by atoms with Crippen LogP contribution in [0.2, 0.25) is 0 Å². The van der Waals surface area contributed by atoms with Crippen molar-refractivity contribution in [3.05, 3.63) is 48.4 Å². The summed E-state index contributed by atoms with van der Waals surface area (Å²) in [5, 5.41) is 2.75. The summed E-state index contributed by atoms with van der Waals surface area (Å²) in [6.07, 6.45) is 1.78. The molecule has 0 aromatic carbocycles. The molecule has 0 unspecified atom stereocenters. The number of alkyl halides is 3. The third kappa shape index (κ3) is 5.58. The first-order chi connectivity index (χ1) is 16.6. The van der Waals surface area contributed by atoms with E-state index in [1.165, 1.54) is 17.2 Å². The van der Waals surface area contributed by atoms with Crippen LogP contribution in [0.15, 0.2) is 48.4 Å². The Kier molecular flexibility index (Phi) is 6.72. The van der Waals surface area contributed by atoms with Gasteiger partial charge in [-0.3, -0.25) is 9.59 Å². The number of rotatable bonds is 5. The largest absolute Gasteiger partial charge is 0.405 e. The Balaban J connectivity index is 1.64. The fourth-order valence-electron chi connectivity index (χ4n) is 3.90. The first-order valence-electron chi connectivity index (χ1n) is 10.9. The minimum absolute atomic E-state index is 0.0807. The Hall–Kier alpha value is -3.96. The number of piperazine rings is 1. The van der Waals surface area contributed by atoms with Gasteiger partial charge in [0.1, 0.15) is 24.1 Å². The third-order valence-corrected chi connectivity index (χ3v) is 5.50. The SMILES string of the molecule is CC(C)=CC(=O)N1CCN(c2ccnc(-c3c[nH]c4ncccc34)n2)[C@@H](C(=O)NCC(F)(F)F)C1. The summed E-state index contributed by atoms with van der Waals surface area (Å²) in [5.41, 5.74) is 2.14. The highest BCUT2D eigenvalue weighted by Crippen LogP contribution is 2.27. The molecule has 3 aromatic rings. The lowest BCUT2D eigenvalue weighted by Crippen LogP contribution is -2.61. The molecule has 3 aromatic heterocycles. The van der Waals surface area contributed by atoms with Crippen LogP contribution in [0.25, 0.3) is 22.4 Å².